The first-order valence-electron chi connectivity index (χ1n) is 7.26. The van der Waals surface area contributed by atoms with Crippen molar-refractivity contribution in [2.24, 2.45) is 0 Å². The molecule has 0 saturated carbocycles. The standard InChI is InChI=1S/C16H21NO2S.ClH/c18-15-11-17(12-15)7-2-8-19-9-5-13-3-1-4-14-6-10-20-16(13)14;/h1,3-4,6,10,15,18H,2,5,7-9,11-12H2;1H. The molecule has 116 valence electrons. The van der Waals surface area contributed by atoms with Crippen LogP contribution in [-0.2, 0) is 11.2 Å². The molecule has 1 N–H and O–H groups in total. The number of aliphatic hydroxyl groups excluding tert-OH is 1. The lowest BCUT2D eigenvalue weighted by Crippen LogP contribution is -2.50. The van der Waals surface area contributed by atoms with Crippen molar-refractivity contribution in [2.45, 2.75) is 18.9 Å². The minimum Gasteiger partial charge on any atom is -0.390 e. The second-order valence-electron chi connectivity index (χ2n) is 5.39. The normalized spacial score (nSPS) is 15.9. The fraction of sp³-hybridized carbons (Fsp3) is 0.500. The van der Waals surface area contributed by atoms with E-state index in [9.17, 15) is 5.11 Å². The Balaban J connectivity index is 0.00000161. The lowest BCUT2D eigenvalue weighted by atomic mass is 10.1. The Kier molecular flexibility index (Phi) is 6.45. The highest BCUT2D eigenvalue weighted by atomic mass is 35.5. The highest BCUT2D eigenvalue weighted by Gasteiger charge is 2.22. The zero-order chi connectivity index (χ0) is 13.8. The maximum atomic E-state index is 9.18. The SMILES string of the molecule is Cl.OC1CN(CCCOCCc2cccc3ccsc23)C1. The summed E-state index contributed by atoms with van der Waals surface area (Å²) in [6.45, 7) is 4.31. The molecule has 5 heteroatoms. The smallest absolute Gasteiger partial charge is 0.0793 e. The van der Waals surface area contributed by atoms with Crippen LogP contribution in [0.25, 0.3) is 10.1 Å². The quantitative estimate of drug-likeness (QED) is 0.794. The van der Waals surface area contributed by atoms with Crippen LogP contribution in [0.5, 0.6) is 0 Å². The monoisotopic (exact) mass is 327 g/mol. The van der Waals surface area contributed by atoms with Crippen molar-refractivity contribution in [3.8, 4) is 0 Å². The van der Waals surface area contributed by atoms with Gasteiger partial charge in [0.15, 0.2) is 0 Å². The topological polar surface area (TPSA) is 32.7 Å². The van der Waals surface area contributed by atoms with E-state index in [0.717, 1.165) is 45.7 Å². The summed E-state index contributed by atoms with van der Waals surface area (Å²) in [7, 11) is 0. The molecule has 2 heterocycles. The Bertz CT molecular complexity index is 554. The summed E-state index contributed by atoms with van der Waals surface area (Å²) < 4.78 is 7.12. The molecule has 1 aliphatic heterocycles. The van der Waals surface area contributed by atoms with Crippen molar-refractivity contribution in [3.05, 3.63) is 35.2 Å². The van der Waals surface area contributed by atoms with Crippen LogP contribution < -0.4 is 0 Å². The summed E-state index contributed by atoms with van der Waals surface area (Å²) in [5.41, 5.74) is 1.39. The van der Waals surface area contributed by atoms with E-state index in [4.69, 9.17) is 4.74 Å². The van der Waals surface area contributed by atoms with Crippen LogP contribution in [0, 0.1) is 0 Å². The average Bonchev–Trinajstić information content (AvgIpc) is 2.89. The van der Waals surface area contributed by atoms with Gasteiger partial charge in [-0.15, -0.1) is 23.7 Å². The molecule has 0 spiro atoms. The zero-order valence-electron chi connectivity index (χ0n) is 12.0. The fourth-order valence-electron chi connectivity index (χ4n) is 2.65. The van der Waals surface area contributed by atoms with E-state index in [1.807, 2.05) is 11.3 Å². The Morgan fingerprint density at radius 3 is 2.90 bits per heavy atom. The molecule has 1 aromatic carbocycles. The number of thiophene rings is 1. The van der Waals surface area contributed by atoms with Crippen molar-refractivity contribution >= 4 is 33.8 Å². The largest absolute Gasteiger partial charge is 0.390 e. The molecule has 0 atom stereocenters. The molecule has 1 saturated heterocycles. The molecule has 1 fully saturated rings. The third-order valence-corrected chi connectivity index (χ3v) is 4.78. The zero-order valence-corrected chi connectivity index (χ0v) is 13.7. The van der Waals surface area contributed by atoms with Gasteiger partial charge in [0.25, 0.3) is 0 Å². The lowest BCUT2D eigenvalue weighted by molar-refractivity contribution is -0.00304. The third-order valence-electron chi connectivity index (χ3n) is 3.78. The summed E-state index contributed by atoms with van der Waals surface area (Å²) in [6, 6.07) is 8.66. The van der Waals surface area contributed by atoms with E-state index >= 15 is 0 Å². The molecule has 21 heavy (non-hydrogen) atoms. The molecule has 2 aromatic rings. The van der Waals surface area contributed by atoms with Crippen molar-refractivity contribution in [1.29, 1.82) is 0 Å². The highest BCUT2D eigenvalue weighted by Crippen LogP contribution is 2.24. The number of ether oxygens (including phenoxy) is 1. The van der Waals surface area contributed by atoms with E-state index < -0.39 is 0 Å². The first-order chi connectivity index (χ1) is 9.83. The third kappa shape index (κ3) is 4.41. The van der Waals surface area contributed by atoms with Gasteiger partial charge >= 0.3 is 0 Å². The molecular weight excluding hydrogens is 306 g/mol. The number of hydrogen-bond donors (Lipinski definition) is 1. The number of fused-ring (bicyclic) bond motifs is 1. The highest BCUT2D eigenvalue weighted by molar-refractivity contribution is 7.17. The van der Waals surface area contributed by atoms with Gasteiger partial charge in [-0.2, -0.15) is 0 Å². The fourth-order valence-corrected chi connectivity index (χ4v) is 3.60. The van der Waals surface area contributed by atoms with Gasteiger partial charge in [0.2, 0.25) is 0 Å². The van der Waals surface area contributed by atoms with Gasteiger partial charge in [-0.05, 0) is 35.2 Å². The summed E-state index contributed by atoms with van der Waals surface area (Å²) in [4.78, 5) is 2.26. The van der Waals surface area contributed by atoms with Crippen molar-refractivity contribution < 1.29 is 9.84 Å². The lowest BCUT2D eigenvalue weighted by Gasteiger charge is -2.35. The van der Waals surface area contributed by atoms with E-state index in [1.165, 1.54) is 15.6 Å². The van der Waals surface area contributed by atoms with Crippen LogP contribution in [0.15, 0.2) is 29.6 Å². The molecule has 1 aliphatic rings. The maximum Gasteiger partial charge on any atom is 0.0793 e. The van der Waals surface area contributed by atoms with Crippen LogP contribution in [0.3, 0.4) is 0 Å². The van der Waals surface area contributed by atoms with Crippen LogP contribution in [0.4, 0.5) is 0 Å². The maximum absolute atomic E-state index is 9.18. The van der Waals surface area contributed by atoms with Crippen LogP contribution in [0.1, 0.15) is 12.0 Å². The Labute approximate surface area is 135 Å². The minimum absolute atomic E-state index is 0. The van der Waals surface area contributed by atoms with Crippen molar-refractivity contribution in [2.75, 3.05) is 32.8 Å². The number of β-amino-alcohol motifs (C(OH)–C–C–N with tert-alkyl or cyclic N) is 1. The van der Waals surface area contributed by atoms with Crippen LogP contribution >= 0.6 is 23.7 Å². The molecule has 0 amide bonds. The Hall–Kier alpha value is -0.650. The number of likely N-dealkylation sites (tertiary alicyclic amines) is 1. The van der Waals surface area contributed by atoms with E-state index in [-0.39, 0.29) is 18.5 Å². The summed E-state index contributed by atoms with van der Waals surface area (Å²) >= 11 is 1.81. The molecule has 3 rings (SSSR count). The summed E-state index contributed by atoms with van der Waals surface area (Å²) in [6.07, 6.45) is 1.94. The Morgan fingerprint density at radius 1 is 1.24 bits per heavy atom. The molecule has 3 nitrogen and oxygen atoms in total. The van der Waals surface area contributed by atoms with Gasteiger partial charge in [-0.25, -0.2) is 0 Å². The van der Waals surface area contributed by atoms with Gasteiger partial charge in [0.05, 0.1) is 12.7 Å². The molecular formula is C16H22ClNO2S. The van der Waals surface area contributed by atoms with Gasteiger partial charge in [-0.1, -0.05) is 18.2 Å². The Morgan fingerprint density at radius 2 is 2.10 bits per heavy atom. The number of halogens is 1. The average molecular weight is 328 g/mol. The summed E-state index contributed by atoms with van der Waals surface area (Å²) in [5, 5.41) is 12.7. The number of rotatable bonds is 7. The first kappa shape index (κ1) is 16.7. The van der Waals surface area contributed by atoms with Gasteiger partial charge < -0.3 is 9.84 Å². The predicted octanol–water partition coefficient (Wildman–Crippen LogP) is 2.95. The van der Waals surface area contributed by atoms with Crippen molar-refractivity contribution in [3.63, 3.8) is 0 Å². The van der Waals surface area contributed by atoms with E-state index in [0.29, 0.717) is 0 Å². The molecule has 0 radical (unpaired) electrons. The summed E-state index contributed by atoms with van der Waals surface area (Å²) in [5.74, 6) is 0. The van der Waals surface area contributed by atoms with Gasteiger partial charge in [-0.3, -0.25) is 4.90 Å². The second-order valence-corrected chi connectivity index (χ2v) is 6.30. The predicted molar refractivity (Wildman–Crippen MR) is 90.7 cm³/mol. The molecule has 0 unspecified atom stereocenters. The second kappa shape index (κ2) is 8.11. The first-order valence-corrected chi connectivity index (χ1v) is 8.14. The van der Waals surface area contributed by atoms with Crippen LogP contribution in [0.2, 0.25) is 0 Å². The molecule has 1 aromatic heterocycles. The molecule has 0 aliphatic carbocycles. The number of hydrogen-bond acceptors (Lipinski definition) is 4. The number of aliphatic hydroxyl groups is 1. The number of nitrogens with zero attached hydrogens (tertiary/aromatic N) is 1. The van der Waals surface area contributed by atoms with Crippen LogP contribution in [-0.4, -0.2) is 49.0 Å². The van der Waals surface area contributed by atoms with Crippen molar-refractivity contribution in [1.82, 2.24) is 4.90 Å². The van der Waals surface area contributed by atoms with Gasteiger partial charge in [0.1, 0.15) is 0 Å². The van der Waals surface area contributed by atoms with E-state index in [2.05, 4.69) is 34.5 Å². The molecule has 0 bridgehead atoms. The number of benzene rings is 1. The minimum atomic E-state index is -0.0952. The van der Waals surface area contributed by atoms with Gasteiger partial charge in [0, 0.05) is 30.9 Å². The van der Waals surface area contributed by atoms with E-state index in [1.54, 1.807) is 0 Å².